The minimum atomic E-state index is -3.86. The Bertz CT molecular complexity index is 1060. The van der Waals surface area contributed by atoms with Gasteiger partial charge in [-0.3, -0.25) is 0 Å². The number of aromatic carboxylic acids is 1. The topological polar surface area (TPSA) is 96.6 Å². The number of phenols is 1. The minimum absolute atomic E-state index is 0.121. The van der Waals surface area contributed by atoms with Crippen LogP contribution in [0.5, 0.6) is 5.75 Å². The third-order valence-electron chi connectivity index (χ3n) is 3.84. The van der Waals surface area contributed by atoms with E-state index in [4.69, 9.17) is 5.11 Å². The summed E-state index contributed by atoms with van der Waals surface area (Å²) >= 11 is 0. The maximum absolute atomic E-state index is 12.9. The molecule has 0 aliphatic heterocycles. The lowest BCUT2D eigenvalue weighted by Gasteiger charge is -2.11. The zero-order chi connectivity index (χ0) is 17.6. The molecule has 124 valence electrons. The van der Waals surface area contributed by atoms with E-state index in [0.29, 0.717) is 11.1 Å². The van der Waals surface area contributed by atoms with Gasteiger partial charge in [0.05, 0.1) is 10.4 Å². The molecule has 0 spiro atoms. The molecule has 6 nitrogen and oxygen atoms in total. The van der Waals surface area contributed by atoms with Crippen LogP contribution >= 0.6 is 0 Å². The van der Waals surface area contributed by atoms with Crippen molar-refractivity contribution in [2.24, 2.45) is 0 Å². The summed E-state index contributed by atoms with van der Waals surface area (Å²) in [5, 5.41) is 19.4. The van der Waals surface area contributed by atoms with Gasteiger partial charge in [0, 0.05) is 17.1 Å². The summed E-state index contributed by atoms with van der Waals surface area (Å²) in [5.41, 5.74) is 1.32. The Labute approximate surface area is 138 Å². The Morgan fingerprint density at radius 3 is 2.25 bits per heavy atom. The second kappa shape index (κ2) is 5.38. The van der Waals surface area contributed by atoms with Crippen LogP contribution < -0.4 is 0 Å². The van der Waals surface area contributed by atoms with Gasteiger partial charge in [-0.1, -0.05) is 17.7 Å². The van der Waals surface area contributed by atoms with Crippen LogP contribution in [-0.4, -0.2) is 28.6 Å². The summed E-state index contributed by atoms with van der Waals surface area (Å²) in [4.78, 5) is 11.2. The quantitative estimate of drug-likeness (QED) is 0.761. The second-order valence-electron chi connectivity index (χ2n) is 5.60. The maximum atomic E-state index is 12.9. The lowest BCUT2D eigenvalue weighted by molar-refractivity contribution is 0.0694. The summed E-state index contributed by atoms with van der Waals surface area (Å²) in [6.07, 6.45) is 0. The number of hydrogen-bond donors (Lipinski definition) is 2. The molecule has 1 heterocycles. The number of carboxylic acid groups (broad SMARTS) is 1. The average Bonchev–Trinajstić information content (AvgIpc) is 2.82. The third kappa shape index (κ3) is 2.43. The van der Waals surface area contributed by atoms with Gasteiger partial charge in [-0.05, 0) is 38.1 Å². The molecule has 7 heteroatoms. The van der Waals surface area contributed by atoms with Crippen LogP contribution in [0.3, 0.4) is 0 Å². The highest BCUT2D eigenvalue weighted by Gasteiger charge is 2.23. The zero-order valence-electron chi connectivity index (χ0n) is 13.0. The number of carbonyl (C=O) groups is 1. The smallest absolute Gasteiger partial charge is 0.339 e. The molecule has 0 aliphatic rings. The molecule has 0 amide bonds. The Balaban J connectivity index is 2.30. The Morgan fingerprint density at radius 1 is 1.04 bits per heavy atom. The van der Waals surface area contributed by atoms with Crippen LogP contribution in [0.2, 0.25) is 0 Å². The number of hydrogen-bond acceptors (Lipinski definition) is 4. The summed E-state index contributed by atoms with van der Waals surface area (Å²) in [6.45, 7) is 3.47. The second-order valence-corrected chi connectivity index (χ2v) is 7.39. The van der Waals surface area contributed by atoms with Crippen LogP contribution in [-0.2, 0) is 10.0 Å². The maximum Gasteiger partial charge on any atom is 0.339 e. The number of aromatic hydroxyl groups is 1. The SMILES string of the molecule is Cc1ccc(S(=O)(=O)n2c(C)cc3cc(C(=O)O)c(O)cc32)cc1. The van der Waals surface area contributed by atoms with Crippen molar-refractivity contribution in [1.29, 1.82) is 0 Å². The van der Waals surface area contributed by atoms with E-state index in [1.165, 1.54) is 18.2 Å². The van der Waals surface area contributed by atoms with E-state index < -0.39 is 21.7 Å². The molecule has 0 fully saturated rings. The van der Waals surface area contributed by atoms with Gasteiger partial charge in [0.2, 0.25) is 0 Å². The highest BCUT2D eigenvalue weighted by molar-refractivity contribution is 7.90. The fourth-order valence-electron chi connectivity index (χ4n) is 2.67. The molecule has 24 heavy (non-hydrogen) atoms. The van der Waals surface area contributed by atoms with Crippen molar-refractivity contribution in [3.8, 4) is 5.75 Å². The van der Waals surface area contributed by atoms with Crippen LogP contribution in [0.25, 0.3) is 10.9 Å². The Hall–Kier alpha value is -2.80. The predicted octanol–water partition coefficient (Wildman–Crippen LogP) is 2.90. The number of benzene rings is 2. The van der Waals surface area contributed by atoms with E-state index >= 15 is 0 Å². The molecule has 3 aromatic rings. The average molecular weight is 345 g/mol. The number of aryl methyl sites for hydroxylation is 2. The standard InChI is InChI=1S/C17H15NO5S/c1-10-3-5-13(6-4-10)24(22,23)18-11(2)7-12-8-14(17(20)21)16(19)9-15(12)18/h3-9,19H,1-2H3,(H,20,21). The van der Waals surface area contributed by atoms with Crippen molar-refractivity contribution in [1.82, 2.24) is 3.97 Å². The molecular formula is C17H15NO5S. The fourth-order valence-corrected chi connectivity index (χ4v) is 4.20. The highest BCUT2D eigenvalue weighted by Crippen LogP contribution is 2.30. The molecule has 2 aromatic carbocycles. The Kier molecular flexibility index (Phi) is 3.60. The van der Waals surface area contributed by atoms with Gasteiger partial charge in [-0.25, -0.2) is 17.2 Å². The minimum Gasteiger partial charge on any atom is -0.507 e. The van der Waals surface area contributed by atoms with Gasteiger partial charge in [0.15, 0.2) is 0 Å². The molecule has 1 aromatic heterocycles. The summed E-state index contributed by atoms with van der Waals surface area (Å²) in [7, 11) is -3.86. The first-order chi connectivity index (χ1) is 11.2. The first-order valence-corrected chi connectivity index (χ1v) is 8.56. The monoisotopic (exact) mass is 345 g/mol. The van der Waals surface area contributed by atoms with Gasteiger partial charge in [0.1, 0.15) is 11.3 Å². The van der Waals surface area contributed by atoms with Crippen molar-refractivity contribution in [2.45, 2.75) is 18.7 Å². The Morgan fingerprint density at radius 2 is 1.67 bits per heavy atom. The van der Waals surface area contributed by atoms with Gasteiger partial charge >= 0.3 is 5.97 Å². The van der Waals surface area contributed by atoms with E-state index in [0.717, 1.165) is 15.6 Å². The van der Waals surface area contributed by atoms with Gasteiger partial charge in [-0.15, -0.1) is 0 Å². The molecule has 0 saturated carbocycles. The molecular weight excluding hydrogens is 330 g/mol. The number of carboxylic acids is 1. The van der Waals surface area contributed by atoms with E-state index in [2.05, 4.69) is 0 Å². The summed E-state index contributed by atoms with van der Waals surface area (Å²) in [6, 6.07) is 10.4. The van der Waals surface area contributed by atoms with Crippen molar-refractivity contribution in [2.75, 3.05) is 0 Å². The largest absolute Gasteiger partial charge is 0.507 e. The van der Waals surface area contributed by atoms with Crippen molar-refractivity contribution < 1.29 is 23.4 Å². The van der Waals surface area contributed by atoms with E-state index in [1.807, 2.05) is 6.92 Å². The zero-order valence-corrected chi connectivity index (χ0v) is 13.8. The molecule has 3 rings (SSSR count). The van der Waals surface area contributed by atoms with Crippen molar-refractivity contribution >= 4 is 26.9 Å². The third-order valence-corrected chi connectivity index (χ3v) is 5.67. The van der Waals surface area contributed by atoms with E-state index in [9.17, 15) is 18.3 Å². The molecule has 0 bridgehead atoms. The molecule has 2 N–H and O–H groups in total. The van der Waals surface area contributed by atoms with Crippen molar-refractivity contribution in [3.63, 3.8) is 0 Å². The van der Waals surface area contributed by atoms with Crippen molar-refractivity contribution in [3.05, 3.63) is 59.3 Å². The highest BCUT2D eigenvalue weighted by atomic mass is 32.2. The van der Waals surface area contributed by atoms with Crippen LogP contribution in [0.4, 0.5) is 0 Å². The molecule has 0 unspecified atom stereocenters. The number of rotatable bonds is 3. The normalized spacial score (nSPS) is 11.8. The lowest BCUT2D eigenvalue weighted by atomic mass is 10.1. The van der Waals surface area contributed by atoms with Crippen LogP contribution in [0.15, 0.2) is 47.4 Å². The summed E-state index contributed by atoms with van der Waals surface area (Å²) in [5.74, 6) is -1.75. The molecule has 0 radical (unpaired) electrons. The predicted molar refractivity (Wildman–Crippen MR) is 89.1 cm³/mol. The number of aromatic nitrogens is 1. The number of nitrogens with zero attached hydrogens (tertiary/aromatic N) is 1. The van der Waals surface area contributed by atoms with Gasteiger partial charge < -0.3 is 10.2 Å². The van der Waals surface area contributed by atoms with Gasteiger partial charge in [0.25, 0.3) is 10.0 Å². The van der Waals surface area contributed by atoms with Crippen LogP contribution in [0.1, 0.15) is 21.6 Å². The van der Waals surface area contributed by atoms with Gasteiger partial charge in [-0.2, -0.15) is 0 Å². The van der Waals surface area contributed by atoms with E-state index in [1.54, 1.807) is 25.1 Å². The van der Waals surface area contributed by atoms with E-state index in [-0.39, 0.29) is 16.0 Å². The lowest BCUT2D eigenvalue weighted by Crippen LogP contribution is -2.14. The molecule has 0 aliphatic carbocycles. The first kappa shape index (κ1) is 16.1. The molecule has 0 saturated heterocycles. The fraction of sp³-hybridized carbons (Fsp3) is 0.118. The summed E-state index contributed by atoms with van der Waals surface area (Å²) < 4.78 is 27.0. The number of fused-ring (bicyclic) bond motifs is 1. The molecule has 0 atom stereocenters. The first-order valence-electron chi connectivity index (χ1n) is 7.12. The van der Waals surface area contributed by atoms with Crippen LogP contribution in [0, 0.1) is 13.8 Å².